The molecule has 1 aromatic rings. The summed E-state index contributed by atoms with van der Waals surface area (Å²) in [5.41, 5.74) is 1.66. The van der Waals surface area contributed by atoms with Crippen molar-refractivity contribution in [2.24, 2.45) is 0 Å². The summed E-state index contributed by atoms with van der Waals surface area (Å²) in [6.07, 6.45) is -0.370. The molecule has 1 saturated heterocycles. The molecule has 0 bridgehead atoms. The summed E-state index contributed by atoms with van der Waals surface area (Å²) in [7, 11) is -3.31. The normalized spacial score (nSPS) is 31.8. The molecule has 2 N–H and O–H groups in total. The number of aliphatic hydroxyl groups is 1. The Kier molecular flexibility index (Phi) is 3.51. The molecule has 6 nitrogen and oxygen atoms in total. The molecule has 3 rings (SSSR count). The van der Waals surface area contributed by atoms with Gasteiger partial charge in [0.25, 0.3) is 0 Å². The van der Waals surface area contributed by atoms with E-state index in [2.05, 4.69) is 0 Å². The minimum Gasteiger partial charge on any atom is -0.480 e. The second-order valence-corrected chi connectivity index (χ2v) is 7.79. The third-order valence-corrected chi connectivity index (χ3v) is 5.97. The first-order valence-corrected chi connectivity index (χ1v) is 8.66. The smallest absolute Gasteiger partial charge is 0.325 e. The van der Waals surface area contributed by atoms with Crippen LogP contribution in [0.2, 0.25) is 0 Å². The number of carboxylic acids is 1. The molecule has 2 aliphatic heterocycles. The Labute approximate surface area is 122 Å². The van der Waals surface area contributed by atoms with Gasteiger partial charge in [-0.25, -0.2) is 8.42 Å². The number of fused-ring (bicyclic) bond motifs is 1. The Balaban J connectivity index is 1.98. The first kappa shape index (κ1) is 14.5. The van der Waals surface area contributed by atoms with E-state index in [1.54, 1.807) is 17.0 Å². The van der Waals surface area contributed by atoms with Crippen molar-refractivity contribution >= 4 is 15.8 Å². The van der Waals surface area contributed by atoms with Crippen LogP contribution in [0.5, 0.6) is 0 Å². The number of sulfone groups is 1. The minimum absolute atomic E-state index is 0.180. The summed E-state index contributed by atoms with van der Waals surface area (Å²) in [4.78, 5) is 13.3. The quantitative estimate of drug-likeness (QED) is 0.787. The highest BCUT2D eigenvalue weighted by molar-refractivity contribution is 7.91. The van der Waals surface area contributed by atoms with Crippen molar-refractivity contribution in [2.75, 3.05) is 18.1 Å². The lowest BCUT2D eigenvalue weighted by atomic mass is 9.91. The zero-order valence-corrected chi connectivity index (χ0v) is 12.2. The van der Waals surface area contributed by atoms with Crippen LogP contribution in [-0.2, 0) is 21.1 Å². The maximum absolute atomic E-state index is 11.7. The van der Waals surface area contributed by atoms with Crippen LogP contribution in [0.15, 0.2) is 24.3 Å². The molecule has 0 amide bonds. The van der Waals surface area contributed by atoms with E-state index in [1.165, 1.54) is 0 Å². The van der Waals surface area contributed by atoms with Gasteiger partial charge in [0.15, 0.2) is 9.84 Å². The van der Waals surface area contributed by atoms with E-state index < -0.39 is 34.0 Å². The summed E-state index contributed by atoms with van der Waals surface area (Å²) < 4.78 is 23.4. The molecule has 2 heterocycles. The number of hydrogen-bond acceptors (Lipinski definition) is 5. The number of carbonyl (C=O) groups is 1. The van der Waals surface area contributed by atoms with Crippen LogP contribution >= 0.6 is 0 Å². The Morgan fingerprint density at radius 2 is 1.95 bits per heavy atom. The Morgan fingerprint density at radius 3 is 2.57 bits per heavy atom. The zero-order chi connectivity index (χ0) is 15.2. The fraction of sp³-hybridized carbons (Fsp3) is 0.500. The summed E-state index contributed by atoms with van der Waals surface area (Å²) in [5.74, 6) is -1.49. The third kappa shape index (κ3) is 2.56. The maximum Gasteiger partial charge on any atom is 0.325 e. The van der Waals surface area contributed by atoms with Gasteiger partial charge in [0.1, 0.15) is 6.04 Å². The molecule has 2 aliphatic rings. The number of aliphatic hydroxyl groups excluding tert-OH is 1. The number of nitrogens with zero attached hydrogens (tertiary/aromatic N) is 1. The molecule has 7 heteroatoms. The highest BCUT2D eigenvalue weighted by Crippen LogP contribution is 2.34. The third-order valence-electron chi connectivity index (χ3n) is 4.27. The van der Waals surface area contributed by atoms with E-state index in [0.717, 1.165) is 5.56 Å². The van der Waals surface area contributed by atoms with Crippen molar-refractivity contribution in [1.82, 2.24) is 4.90 Å². The first-order valence-electron chi connectivity index (χ1n) is 6.84. The monoisotopic (exact) mass is 311 g/mol. The van der Waals surface area contributed by atoms with Gasteiger partial charge in [-0.05, 0) is 17.5 Å². The summed E-state index contributed by atoms with van der Waals surface area (Å²) in [6.45, 7) is 0.436. The first-order chi connectivity index (χ1) is 9.89. The SMILES string of the molecule is O=C(O)C1c2ccccc2CCN1C1CS(=O)(=O)CC1O. The van der Waals surface area contributed by atoms with Gasteiger partial charge in [0.2, 0.25) is 0 Å². The highest BCUT2D eigenvalue weighted by atomic mass is 32.2. The van der Waals surface area contributed by atoms with Crippen molar-refractivity contribution in [3.8, 4) is 0 Å². The lowest BCUT2D eigenvalue weighted by Crippen LogP contribution is -2.50. The number of hydrogen-bond donors (Lipinski definition) is 2. The maximum atomic E-state index is 11.7. The van der Waals surface area contributed by atoms with Gasteiger partial charge in [-0.15, -0.1) is 0 Å². The Morgan fingerprint density at radius 1 is 1.24 bits per heavy atom. The predicted molar refractivity (Wildman–Crippen MR) is 75.7 cm³/mol. The Hall–Kier alpha value is -1.44. The van der Waals surface area contributed by atoms with Gasteiger partial charge >= 0.3 is 5.97 Å². The number of benzene rings is 1. The number of rotatable bonds is 2. The summed E-state index contributed by atoms with van der Waals surface area (Å²) in [6, 6.07) is 5.75. The van der Waals surface area contributed by atoms with E-state index >= 15 is 0 Å². The van der Waals surface area contributed by atoms with Gasteiger partial charge in [0, 0.05) is 6.54 Å². The van der Waals surface area contributed by atoms with Crippen LogP contribution in [-0.4, -0.2) is 59.7 Å². The van der Waals surface area contributed by atoms with Crippen molar-refractivity contribution in [3.05, 3.63) is 35.4 Å². The molecule has 1 aromatic carbocycles. The Bertz CT molecular complexity index is 672. The molecule has 0 aromatic heterocycles. The largest absolute Gasteiger partial charge is 0.480 e. The van der Waals surface area contributed by atoms with Crippen molar-refractivity contribution in [3.63, 3.8) is 0 Å². The molecule has 114 valence electrons. The summed E-state index contributed by atoms with van der Waals surface area (Å²) in [5, 5.41) is 19.6. The molecule has 1 fully saturated rings. The van der Waals surface area contributed by atoms with Crippen LogP contribution in [0.25, 0.3) is 0 Å². The topological polar surface area (TPSA) is 94.9 Å². The molecular formula is C14H17NO5S. The van der Waals surface area contributed by atoms with Gasteiger partial charge < -0.3 is 10.2 Å². The van der Waals surface area contributed by atoms with Gasteiger partial charge in [-0.2, -0.15) is 0 Å². The van der Waals surface area contributed by atoms with Crippen LogP contribution in [0.4, 0.5) is 0 Å². The molecule has 21 heavy (non-hydrogen) atoms. The van der Waals surface area contributed by atoms with Gasteiger partial charge in [-0.1, -0.05) is 24.3 Å². The second kappa shape index (κ2) is 5.08. The fourth-order valence-corrected chi connectivity index (χ4v) is 5.16. The van der Waals surface area contributed by atoms with E-state index in [0.29, 0.717) is 18.5 Å². The zero-order valence-electron chi connectivity index (χ0n) is 11.3. The molecule has 0 radical (unpaired) electrons. The fourth-order valence-electron chi connectivity index (χ4n) is 3.35. The highest BCUT2D eigenvalue weighted by Gasteiger charge is 2.45. The summed E-state index contributed by atoms with van der Waals surface area (Å²) >= 11 is 0. The van der Waals surface area contributed by atoms with E-state index in [9.17, 15) is 23.4 Å². The van der Waals surface area contributed by atoms with E-state index in [1.807, 2.05) is 12.1 Å². The second-order valence-electron chi connectivity index (χ2n) is 5.64. The van der Waals surface area contributed by atoms with E-state index in [-0.39, 0.29) is 11.5 Å². The molecule has 3 unspecified atom stereocenters. The minimum atomic E-state index is -3.31. The number of carboxylic acid groups (broad SMARTS) is 1. The standard InChI is InChI=1S/C14H17NO5S/c16-12-8-21(19,20)7-11(12)15-6-5-9-3-1-2-4-10(9)13(15)14(17)18/h1-4,11-13,16H,5-8H2,(H,17,18). The average Bonchev–Trinajstić information content (AvgIpc) is 2.70. The molecule has 0 spiro atoms. The lowest BCUT2D eigenvalue weighted by molar-refractivity contribution is -0.145. The lowest BCUT2D eigenvalue weighted by Gasteiger charge is -2.39. The molecule has 0 saturated carbocycles. The number of aliphatic carboxylic acids is 1. The average molecular weight is 311 g/mol. The molecular weight excluding hydrogens is 294 g/mol. The van der Waals surface area contributed by atoms with E-state index in [4.69, 9.17) is 0 Å². The van der Waals surface area contributed by atoms with Crippen molar-refractivity contribution in [1.29, 1.82) is 0 Å². The van der Waals surface area contributed by atoms with Crippen molar-refractivity contribution < 1.29 is 23.4 Å². The van der Waals surface area contributed by atoms with Crippen LogP contribution in [0, 0.1) is 0 Å². The molecule has 0 aliphatic carbocycles. The van der Waals surface area contributed by atoms with Crippen molar-refractivity contribution in [2.45, 2.75) is 24.6 Å². The predicted octanol–water partition coefficient (Wildman–Crippen LogP) is -0.172. The van der Waals surface area contributed by atoms with Gasteiger partial charge in [0.05, 0.1) is 23.7 Å². The van der Waals surface area contributed by atoms with Crippen LogP contribution in [0.1, 0.15) is 17.2 Å². The van der Waals surface area contributed by atoms with Gasteiger partial charge in [-0.3, -0.25) is 9.69 Å². The molecule has 3 atom stereocenters. The van der Waals surface area contributed by atoms with Crippen LogP contribution in [0.3, 0.4) is 0 Å². The van der Waals surface area contributed by atoms with Crippen LogP contribution < -0.4 is 0 Å².